The first kappa shape index (κ1) is 16.8. The summed E-state index contributed by atoms with van der Waals surface area (Å²) >= 11 is 1.79. The number of carbonyl (C=O) groups excluding carboxylic acids is 1. The molecule has 0 saturated heterocycles. The van der Waals surface area contributed by atoms with Crippen molar-refractivity contribution in [1.29, 1.82) is 0 Å². The lowest BCUT2D eigenvalue weighted by Crippen LogP contribution is -2.25. The fourth-order valence-corrected chi connectivity index (χ4v) is 4.03. The van der Waals surface area contributed by atoms with Gasteiger partial charge in [-0.1, -0.05) is 0 Å². The molecule has 0 saturated carbocycles. The van der Waals surface area contributed by atoms with Crippen LogP contribution in [0.25, 0.3) is 0 Å². The van der Waals surface area contributed by atoms with E-state index in [1.807, 2.05) is 0 Å². The molecule has 1 aromatic heterocycles. The molecule has 1 aliphatic rings. The minimum Gasteiger partial charge on any atom is -0.493 e. The molecule has 0 fully saturated rings. The van der Waals surface area contributed by atoms with E-state index in [1.54, 1.807) is 43.8 Å². The van der Waals surface area contributed by atoms with Gasteiger partial charge < -0.3 is 14.8 Å². The normalized spacial score (nSPS) is 13.2. The molecule has 1 aromatic carbocycles. The summed E-state index contributed by atoms with van der Waals surface area (Å²) in [4.78, 5) is 18.4. The molecule has 1 N–H and O–H groups in total. The molecule has 3 rings (SSSR count). The van der Waals surface area contributed by atoms with Crippen LogP contribution in [0.15, 0.2) is 18.2 Å². The van der Waals surface area contributed by atoms with Crippen molar-refractivity contribution in [2.75, 3.05) is 20.8 Å². The van der Waals surface area contributed by atoms with Gasteiger partial charge in [0.15, 0.2) is 11.5 Å². The fourth-order valence-electron chi connectivity index (χ4n) is 2.87. The number of nitrogens with one attached hydrogen (secondary N) is 1. The monoisotopic (exact) mass is 346 g/mol. The van der Waals surface area contributed by atoms with E-state index in [9.17, 15) is 4.79 Å². The van der Waals surface area contributed by atoms with Gasteiger partial charge >= 0.3 is 0 Å². The number of hydrogen-bond acceptors (Lipinski definition) is 5. The zero-order valence-electron chi connectivity index (χ0n) is 14.1. The summed E-state index contributed by atoms with van der Waals surface area (Å²) in [6.07, 6.45) is 5.54. The zero-order chi connectivity index (χ0) is 16.9. The summed E-state index contributed by atoms with van der Waals surface area (Å²) in [7, 11) is 3.13. The van der Waals surface area contributed by atoms with Gasteiger partial charge in [0.05, 0.1) is 24.9 Å². The Morgan fingerprint density at radius 3 is 2.75 bits per heavy atom. The second kappa shape index (κ2) is 7.66. The van der Waals surface area contributed by atoms with Gasteiger partial charge in [-0.25, -0.2) is 4.98 Å². The van der Waals surface area contributed by atoms with Crippen LogP contribution in [0.3, 0.4) is 0 Å². The highest BCUT2D eigenvalue weighted by molar-refractivity contribution is 7.11. The summed E-state index contributed by atoms with van der Waals surface area (Å²) in [5.41, 5.74) is 1.83. The Labute approximate surface area is 146 Å². The van der Waals surface area contributed by atoms with Crippen molar-refractivity contribution >= 4 is 17.2 Å². The maximum atomic E-state index is 12.3. The Balaban J connectivity index is 1.56. The first-order chi connectivity index (χ1) is 11.7. The number of methoxy groups -OCH3 is 2. The highest BCUT2D eigenvalue weighted by atomic mass is 32.1. The van der Waals surface area contributed by atoms with Gasteiger partial charge in [-0.15, -0.1) is 11.3 Å². The summed E-state index contributed by atoms with van der Waals surface area (Å²) in [6.45, 7) is 0.583. The van der Waals surface area contributed by atoms with Gasteiger partial charge in [-0.05, 0) is 43.9 Å². The van der Waals surface area contributed by atoms with Crippen LogP contribution in [-0.2, 0) is 19.3 Å². The molecule has 1 aliphatic carbocycles. The van der Waals surface area contributed by atoms with Crippen molar-refractivity contribution in [3.63, 3.8) is 0 Å². The van der Waals surface area contributed by atoms with Crippen LogP contribution in [-0.4, -0.2) is 31.7 Å². The van der Waals surface area contributed by atoms with Crippen molar-refractivity contribution < 1.29 is 14.3 Å². The lowest BCUT2D eigenvalue weighted by atomic mass is 10.0. The van der Waals surface area contributed by atoms with E-state index in [4.69, 9.17) is 14.5 Å². The summed E-state index contributed by atoms with van der Waals surface area (Å²) in [5, 5.41) is 4.07. The van der Waals surface area contributed by atoms with Crippen LogP contribution in [0, 0.1) is 0 Å². The average Bonchev–Trinajstić information content (AvgIpc) is 3.03. The predicted molar refractivity (Wildman–Crippen MR) is 94.3 cm³/mol. The summed E-state index contributed by atoms with van der Waals surface area (Å²) < 4.78 is 10.4. The first-order valence-corrected chi connectivity index (χ1v) is 9.00. The quantitative estimate of drug-likeness (QED) is 0.873. The molecule has 6 heteroatoms. The van der Waals surface area contributed by atoms with Gasteiger partial charge in [0.2, 0.25) is 0 Å². The van der Waals surface area contributed by atoms with Crippen molar-refractivity contribution in [3.8, 4) is 11.5 Å². The lowest BCUT2D eigenvalue weighted by Gasteiger charge is -2.09. The van der Waals surface area contributed by atoms with E-state index in [1.165, 1.54) is 23.4 Å². The van der Waals surface area contributed by atoms with E-state index in [-0.39, 0.29) is 5.91 Å². The number of carbonyl (C=O) groups is 1. The second-order valence-electron chi connectivity index (χ2n) is 5.76. The molecule has 1 amide bonds. The number of fused-ring (bicyclic) bond motifs is 1. The van der Waals surface area contributed by atoms with E-state index in [2.05, 4.69) is 5.32 Å². The van der Waals surface area contributed by atoms with Crippen LogP contribution in [0.2, 0.25) is 0 Å². The Kier molecular flexibility index (Phi) is 5.35. The molecule has 0 atom stereocenters. The fraction of sp³-hybridized carbons (Fsp3) is 0.444. The van der Waals surface area contributed by atoms with Gasteiger partial charge in [-0.2, -0.15) is 0 Å². The van der Waals surface area contributed by atoms with Crippen LogP contribution >= 0.6 is 11.3 Å². The average molecular weight is 346 g/mol. The Hall–Kier alpha value is -2.08. The van der Waals surface area contributed by atoms with Crippen LogP contribution in [0.5, 0.6) is 11.5 Å². The number of aryl methyl sites for hydroxylation is 2. The summed E-state index contributed by atoms with van der Waals surface area (Å²) in [5.74, 6) is 1.05. The number of hydrogen-bond donors (Lipinski definition) is 1. The largest absolute Gasteiger partial charge is 0.493 e. The van der Waals surface area contributed by atoms with Crippen molar-refractivity contribution in [2.24, 2.45) is 0 Å². The lowest BCUT2D eigenvalue weighted by molar-refractivity contribution is 0.0953. The third-order valence-corrected chi connectivity index (χ3v) is 5.38. The van der Waals surface area contributed by atoms with Crippen LogP contribution in [0.1, 0.15) is 38.8 Å². The van der Waals surface area contributed by atoms with Crippen LogP contribution in [0.4, 0.5) is 0 Å². The molecule has 128 valence electrons. The molecule has 1 heterocycles. The minimum atomic E-state index is -0.114. The number of thiazole rings is 1. The SMILES string of the molecule is COc1ccc(C(=O)NCCc2nc3c(s2)CCCC3)cc1OC. The topological polar surface area (TPSA) is 60.5 Å². The Bertz CT molecular complexity index is 704. The van der Waals surface area contributed by atoms with E-state index in [0.29, 0.717) is 23.6 Å². The number of aromatic nitrogens is 1. The number of benzene rings is 1. The minimum absolute atomic E-state index is 0.114. The second-order valence-corrected chi connectivity index (χ2v) is 6.93. The molecule has 0 unspecified atom stereocenters. The highest BCUT2D eigenvalue weighted by Crippen LogP contribution is 2.28. The van der Waals surface area contributed by atoms with E-state index in [0.717, 1.165) is 24.3 Å². The number of ether oxygens (including phenoxy) is 2. The number of rotatable bonds is 6. The maximum absolute atomic E-state index is 12.3. The smallest absolute Gasteiger partial charge is 0.251 e. The van der Waals surface area contributed by atoms with Gasteiger partial charge in [0.25, 0.3) is 5.91 Å². The first-order valence-electron chi connectivity index (χ1n) is 8.19. The molecule has 0 radical (unpaired) electrons. The number of nitrogens with zero attached hydrogens (tertiary/aromatic N) is 1. The van der Waals surface area contributed by atoms with Gasteiger partial charge in [-0.3, -0.25) is 4.79 Å². The molecule has 24 heavy (non-hydrogen) atoms. The molecule has 5 nitrogen and oxygen atoms in total. The third kappa shape index (κ3) is 3.70. The maximum Gasteiger partial charge on any atom is 0.251 e. The molecular weight excluding hydrogens is 324 g/mol. The summed E-state index contributed by atoms with van der Waals surface area (Å²) in [6, 6.07) is 5.16. The standard InChI is InChI=1S/C18H22N2O3S/c1-22-14-8-7-12(11-15(14)23-2)18(21)19-10-9-17-20-13-5-3-4-6-16(13)24-17/h7-8,11H,3-6,9-10H2,1-2H3,(H,19,21). The Morgan fingerprint density at radius 2 is 2.00 bits per heavy atom. The zero-order valence-corrected chi connectivity index (χ0v) is 14.9. The molecule has 0 aliphatic heterocycles. The van der Waals surface area contributed by atoms with Crippen molar-refractivity contribution in [1.82, 2.24) is 10.3 Å². The Morgan fingerprint density at radius 1 is 1.21 bits per heavy atom. The van der Waals surface area contributed by atoms with Crippen molar-refractivity contribution in [3.05, 3.63) is 39.3 Å². The highest BCUT2D eigenvalue weighted by Gasteiger charge is 2.15. The predicted octanol–water partition coefficient (Wildman–Crippen LogP) is 3.01. The third-order valence-electron chi connectivity index (χ3n) is 4.16. The van der Waals surface area contributed by atoms with Gasteiger partial charge in [0.1, 0.15) is 0 Å². The van der Waals surface area contributed by atoms with E-state index < -0.39 is 0 Å². The molecule has 0 spiro atoms. The molecule has 2 aromatic rings. The molecular formula is C18H22N2O3S. The van der Waals surface area contributed by atoms with Crippen molar-refractivity contribution in [2.45, 2.75) is 32.1 Å². The van der Waals surface area contributed by atoms with E-state index >= 15 is 0 Å². The van der Waals surface area contributed by atoms with Crippen LogP contribution < -0.4 is 14.8 Å². The van der Waals surface area contributed by atoms with Gasteiger partial charge in [0, 0.05) is 23.4 Å². The number of amides is 1. The molecule has 0 bridgehead atoms.